The monoisotopic (exact) mass is 402 g/mol. The molecule has 1 N–H and O–H groups in total. The Morgan fingerprint density at radius 2 is 1.83 bits per heavy atom. The molecule has 0 saturated carbocycles. The molecule has 29 heavy (non-hydrogen) atoms. The van der Waals surface area contributed by atoms with E-state index in [1.165, 1.54) is 31.3 Å². The van der Waals surface area contributed by atoms with E-state index in [-0.39, 0.29) is 13.2 Å². The number of carbonyl (C=O) groups excluding carboxylic acids is 3. The van der Waals surface area contributed by atoms with Crippen molar-refractivity contribution in [3.63, 3.8) is 0 Å². The summed E-state index contributed by atoms with van der Waals surface area (Å²) in [7, 11) is 1.40. The molecule has 1 aliphatic heterocycles. The lowest BCUT2D eigenvalue weighted by Gasteiger charge is -2.25. The maximum absolute atomic E-state index is 12.9. The van der Waals surface area contributed by atoms with Crippen molar-refractivity contribution in [1.29, 1.82) is 0 Å². The Labute approximate surface area is 166 Å². The average molecular weight is 402 g/mol. The van der Waals surface area contributed by atoms with E-state index in [0.717, 1.165) is 4.90 Å². The van der Waals surface area contributed by atoms with Crippen LogP contribution < -0.4 is 14.8 Å². The fourth-order valence-electron chi connectivity index (χ4n) is 2.51. The molecule has 1 heterocycles. The molecular weight excluding hydrogens is 383 g/mol. The summed E-state index contributed by atoms with van der Waals surface area (Å²) in [6.45, 7) is -0.829. The van der Waals surface area contributed by atoms with Crippen LogP contribution in [-0.2, 0) is 19.1 Å². The predicted molar refractivity (Wildman–Crippen MR) is 100.0 cm³/mol. The highest BCUT2D eigenvalue weighted by molar-refractivity contribution is 5.94. The molecule has 2 aromatic carbocycles. The molecule has 0 aromatic heterocycles. The van der Waals surface area contributed by atoms with Crippen LogP contribution in [0.4, 0.5) is 10.1 Å². The number of hydrogen-bond acceptors (Lipinski definition) is 6. The van der Waals surface area contributed by atoms with Crippen LogP contribution in [0.5, 0.6) is 11.5 Å². The first-order chi connectivity index (χ1) is 13.9. The van der Waals surface area contributed by atoms with E-state index in [9.17, 15) is 18.8 Å². The average Bonchev–Trinajstić information content (AvgIpc) is 2.72. The highest BCUT2D eigenvalue weighted by Crippen LogP contribution is 2.31. The maximum Gasteiger partial charge on any atom is 0.351 e. The number of nitrogens with one attached hydrogen (secondary N) is 1. The molecule has 0 aliphatic carbocycles. The van der Waals surface area contributed by atoms with Crippen molar-refractivity contribution in [3.05, 3.63) is 54.3 Å². The van der Waals surface area contributed by atoms with Gasteiger partial charge in [0.15, 0.2) is 18.1 Å². The van der Waals surface area contributed by atoms with Crippen LogP contribution >= 0.6 is 0 Å². The molecule has 9 heteroatoms. The standard InChI is InChI=1S/C20H19FN2O6/c1-23(10-18(24)22-14-8-6-13(21)7-9-14)19(25)12-28-20(26)17-11-27-15-4-2-3-5-16(15)29-17/h2-9,17H,10-12H2,1H3,(H,22,24)/t17-/m0/s1. The molecule has 2 amide bonds. The number of fused-ring (bicyclic) bond motifs is 1. The molecule has 8 nitrogen and oxygen atoms in total. The molecule has 1 aliphatic rings. The summed E-state index contributed by atoms with van der Waals surface area (Å²) in [5, 5.41) is 2.54. The van der Waals surface area contributed by atoms with E-state index in [0.29, 0.717) is 17.2 Å². The summed E-state index contributed by atoms with van der Waals surface area (Å²) in [6, 6.07) is 12.1. The van der Waals surface area contributed by atoms with E-state index in [1.54, 1.807) is 24.3 Å². The van der Waals surface area contributed by atoms with Gasteiger partial charge in [-0.2, -0.15) is 0 Å². The van der Waals surface area contributed by atoms with Gasteiger partial charge in [0.05, 0.1) is 6.54 Å². The van der Waals surface area contributed by atoms with E-state index in [1.807, 2.05) is 0 Å². The van der Waals surface area contributed by atoms with E-state index < -0.39 is 36.3 Å². The number of amides is 2. The highest BCUT2D eigenvalue weighted by Gasteiger charge is 2.29. The number of halogens is 1. The van der Waals surface area contributed by atoms with Crippen LogP contribution in [0, 0.1) is 5.82 Å². The van der Waals surface area contributed by atoms with Crippen molar-refractivity contribution in [2.45, 2.75) is 6.10 Å². The summed E-state index contributed by atoms with van der Waals surface area (Å²) < 4.78 is 28.8. The number of esters is 1. The third-order valence-corrected chi connectivity index (χ3v) is 4.04. The number of benzene rings is 2. The van der Waals surface area contributed by atoms with Crippen molar-refractivity contribution in [2.24, 2.45) is 0 Å². The first-order valence-electron chi connectivity index (χ1n) is 8.77. The lowest BCUT2D eigenvalue weighted by molar-refractivity contribution is -0.159. The summed E-state index contributed by atoms with van der Waals surface area (Å²) in [6.07, 6.45) is -0.982. The second-order valence-electron chi connectivity index (χ2n) is 6.28. The summed E-state index contributed by atoms with van der Waals surface area (Å²) >= 11 is 0. The quantitative estimate of drug-likeness (QED) is 0.738. The number of carbonyl (C=O) groups is 3. The minimum Gasteiger partial charge on any atom is -0.485 e. The SMILES string of the molecule is CN(CC(=O)Nc1ccc(F)cc1)C(=O)COC(=O)[C@@H]1COc2ccccc2O1. The number of hydrogen-bond donors (Lipinski definition) is 1. The first-order valence-corrected chi connectivity index (χ1v) is 8.77. The van der Waals surface area contributed by atoms with Crippen LogP contribution in [0.3, 0.4) is 0 Å². The number of para-hydroxylation sites is 2. The van der Waals surface area contributed by atoms with Gasteiger partial charge >= 0.3 is 5.97 Å². The Morgan fingerprint density at radius 1 is 1.14 bits per heavy atom. The Bertz CT molecular complexity index is 902. The first kappa shape index (κ1) is 20.1. The Hall–Kier alpha value is -3.62. The summed E-state index contributed by atoms with van der Waals surface area (Å²) in [5.74, 6) is -1.25. The third kappa shape index (κ3) is 5.44. The Balaban J connectivity index is 1.43. The van der Waals surface area contributed by atoms with E-state index in [2.05, 4.69) is 5.32 Å². The molecular formula is C20H19FN2O6. The van der Waals surface area contributed by atoms with Gasteiger partial charge in [0.1, 0.15) is 12.4 Å². The zero-order valence-corrected chi connectivity index (χ0v) is 15.6. The number of nitrogens with zero attached hydrogens (tertiary/aromatic N) is 1. The zero-order valence-electron chi connectivity index (χ0n) is 15.6. The van der Waals surface area contributed by atoms with Crippen LogP contribution in [0.2, 0.25) is 0 Å². The van der Waals surface area contributed by atoms with Gasteiger partial charge in [-0.1, -0.05) is 12.1 Å². The molecule has 152 valence electrons. The number of rotatable bonds is 6. The second-order valence-corrected chi connectivity index (χ2v) is 6.28. The Kier molecular flexibility index (Phi) is 6.28. The zero-order chi connectivity index (χ0) is 20.8. The van der Waals surface area contributed by atoms with Gasteiger partial charge in [0.25, 0.3) is 5.91 Å². The normalized spacial score (nSPS) is 14.6. The molecule has 3 rings (SSSR count). The van der Waals surface area contributed by atoms with Gasteiger partial charge in [-0.25, -0.2) is 9.18 Å². The van der Waals surface area contributed by atoms with Crippen molar-refractivity contribution in [3.8, 4) is 11.5 Å². The minimum atomic E-state index is -0.982. The van der Waals surface area contributed by atoms with Crippen molar-refractivity contribution < 1.29 is 33.0 Å². The molecule has 0 bridgehead atoms. The number of likely N-dealkylation sites (N-methyl/N-ethyl adjacent to an activating group) is 1. The van der Waals surface area contributed by atoms with E-state index in [4.69, 9.17) is 14.2 Å². The number of anilines is 1. The maximum atomic E-state index is 12.9. The third-order valence-electron chi connectivity index (χ3n) is 4.04. The van der Waals surface area contributed by atoms with Crippen molar-refractivity contribution >= 4 is 23.5 Å². The predicted octanol–water partition coefficient (Wildman–Crippen LogP) is 1.61. The second kappa shape index (κ2) is 9.05. The van der Waals surface area contributed by atoms with Crippen molar-refractivity contribution in [2.75, 3.05) is 32.1 Å². The minimum absolute atomic E-state index is 0.0278. The largest absolute Gasteiger partial charge is 0.485 e. The Morgan fingerprint density at radius 3 is 2.55 bits per heavy atom. The molecule has 0 unspecified atom stereocenters. The van der Waals surface area contributed by atoms with Crippen LogP contribution in [0.1, 0.15) is 0 Å². The molecule has 1 atom stereocenters. The molecule has 0 saturated heterocycles. The van der Waals surface area contributed by atoms with Crippen LogP contribution in [-0.4, -0.2) is 55.6 Å². The summed E-state index contributed by atoms with van der Waals surface area (Å²) in [4.78, 5) is 37.3. The van der Waals surface area contributed by atoms with Gasteiger partial charge in [0.2, 0.25) is 12.0 Å². The molecule has 0 radical (unpaired) electrons. The van der Waals surface area contributed by atoms with Gasteiger partial charge in [-0.3, -0.25) is 9.59 Å². The fourth-order valence-corrected chi connectivity index (χ4v) is 2.51. The van der Waals surface area contributed by atoms with Gasteiger partial charge in [-0.15, -0.1) is 0 Å². The lowest BCUT2D eigenvalue weighted by atomic mass is 10.2. The van der Waals surface area contributed by atoms with Crippen LogP contribution in [0.25, 0.3) is 0 Å². The smallest absolute Gasteiger partial charge is 0.351 e. The molecule has 2 aromatic rings. The lowest BCUT2D eigenvalue weighted by Crippen LogP contribution is -2.41. The topological polar surface area (TPSA) is 94.2 Å². The van der Waals surface area contributed by atoms with Gasteiger partial charge < -0.3 is 24.4 Å². The fraction of sp³-hybridized carbons (Fsp3) is 0.250. The van der Waals surface area contributed by atoms with Gasteiger partial charge in [0, 0.05) is 12.7 Å². The number of ether oxygens (including phenoxy) is 3. The molecule has 0 spiro atoms. The molecule has 0 fully saturated rings. The highest BCUT2D eigenvalue weighted by atomic mass is 19.1. The van der Waals surface area contributed by atoms with Crippen molar-refractivity contribution in [1.82, 2.24) is 4.90 Å². The van der Waals surface area contributed by atoms with E-state index >= 15 is 0 Å². The van der Waals surface area contributed by atoms with Crippen LogP contribution in [0.15, 0.2) is 48.5 Å². The summed E-state index contributed by atoms with van der Waals surface area (Å²) in [5.41, 5.74) is 0.401. The van der Waals surface area contributed by atoms with Gasteiger partial charge in [-0.05, 0) is 36.4 Å².